The van der Waals surface area contributed by atoms with Crippen molar-refractivity contribution in [2.45, 2.75) is 52.4 Å². The number of benzene rings is 2. The first-order valence-corrected chi connectivity index (χ1v) is 12.6. The predicted octanol–water partition coefficient (Wildman–Crippen LogP) is 5.82. The molecule has 172 valence electrons. The zero-order valence-electron chi connectivity index (χ0n) is 19.6. The van der Waals surface area contributed by atoms with Crippen LogP contribution in [0.1, 0.15) is 42.5 Å². The minimum Gasteiger partial charge on any atom is -0.352 e. The lowest BCUT2D eigenvalue weighted by atomic mass is 10.0. The SMILES string of the molecule is Cc1ccc(CNc2nc3ccccc3n2C2CCN(C(C)Nc3nccs3)CC2)cc1C. The second-order valence-electron chi connectivity index (χ2n) is 8.99. The van der Waals surface area contributed by atoms with Crippen molar-refractivity contribution in [3.63, 3.8) is 0 Å². The molecule has 1 atom stereocenters. The van der Waals surface area contributed by atoms with Gasteiger partial charge < -0.3 is 15.2 Å². The van der Waals surface area contributed by atoms with E-state index in [4.69, 9.17) is 4.98 Å². The molecule has 2 aromatic heterocycles. The highest BCUT2D eigenvalue weighted by atomic mass is 32.1. The van der Waals surface area contributed by atoms with E-state index >= 15 is 0 Å². The molecule has 0 amide bonds. The minimum atomic E-state index is 0.277. The zero-order chi connectivity index (χ0) is 22.8. The van der Waals surface area contributed by atoms with Crippen LogP contribution in [0.25, 0.3) is 11.0 Å². The lowest BCUT2D eigenvalue weighted by molar-refractivity contribution is 0.158. The molecule has 1 aliphatic rings. The van der Waals surface area contributed by atoms with Gasteiger partial charge in [-0.15, -0.1) is 11.3 Å². The third-order valence-corrected chi connectivity index (χ3v) is 7.50. The summed E-state index contributed by atoms with van der Waals surface area (Å²) in [6, 6.07) is 15.6. The van der Waals surface area contributed by atoms with Crippen LogP contribution in [0, 0.1) is 13.8 Å². The smallest absolute Gasteiger partial charge is 0.204 e. The van der Waals surface area contributed by atoms with Crippen LogP contribution in [0.15, 0.2) is 54.0 Å². The molecule has 2 N–H and O–H groups in total. The van der Waals surface area contributed by atoms with Crippen LogP contribution >= 0.6 is 11.3 Å². The number of nitrogens with zero attached hydrogens (tertiary/aromatic N) is 4. The largest absolute Gasteiger partial charge is 0.352 e. The quantitative estimate of drug-likeness (QED) is 0.364. The number of anilines is 2. The van der Waals surface area contributed by atoms with Gasteiger partial charge in [-0.25, -0.2) is 9.97 Å². The standard InChI is InChI=1S/C26H32N6S/c1-18-8-9-21(16-19(18)2)17-28-25-30-23-6-4-5-7-24(23)32(25)22-10-13-31(14-11-22)20(3)29-26-27-12-15-33-26/h4-9,12,15-16,20,22H,10-11,13-14,17H2,1-3H3,(H,27,29)(H,28,30). The maximum atomic E-state index is 4.97. The zero-order valence-corrected chi connectivity index (χ0v) is 20.4. The second-order valence-corrected chi connectivity index (χ2v) is 9.89. The van der Waals surface area contributed by atoms with Crippen LogP contribution in [-0.2, 0) is 6.54 Å². The Hall–Kier alpha value is -2.90. The molecule has 1 saturated heterocycles. The van der Waals surface area contributed by atoms with Crippen molar-refractivity contribution in [2.75, 3.05) is 23.7 Å². The number of likely N-dealkylation sites (tertiary alicyclic amines) is 1. The number of thiazole rings is 1. The minimum absolute atomic E-state index is 0.277. The molecule has 0 saturated carbocycles. The summed E-state index contributed by atoms with van der Waals surface area (Å²) in [6.07, 6.45) is 4.33. The van der Waals surface area contributed by atoms with Crippen LogP contribution in [-0.4, -0.2) is 38.7 Å². The highest BCUT2D eigenvalue weighted by Crippen LogP contribution is 2.32. The number of rotatable bonds is 7. The van der Waals surface area contributed by atoms with E-state index in [1.807, 2.05) is 11.6 Å². The van der Waals surface area contributed by atoms with Gasteiger partial charge in [0.25, 0.3) is 0 Å². The Bertz CT molecular complexity index is 1210. The van der Waals surface area contributed by atoms with E-state index < -0.39 is 0 Å². The van der Waals surface area contributed by atoms with Gasteiger partial charge in [0.15, 0.2) is 5.13 Å². The first-order chi connectivity index (χ1) is 16.1. The Morgan fingerprint density at radius 1 is 1.09 bits per heavy atom. The van der Waals surface area contributed by atoms with Crippen LogP contribution in [0.2, 0.25) is 0 Å². The first-order valence-electron chi connectivity index (χ1n) is 11.8. The molecule has 1 unspecified atom stereocenters. The van der Waals surface area contributed by atoms with Gasteiger partial charge in [-0.05, 0) is 62.4 Å². The van der Waals surface area contributed by atoms with Crippen LogP contribution in [0.4, 0.5) is 11.1 Å². The monoisotopic (exact) mass is 460 g/mol. The van der Waals surface area contributed by atoms with E-state index in [0.717, 1.165) is 49.1 Å². The topological polar surface area (TPSA) is 58.0 Å². The van der Waals surface area contributed by atoms with Crippen molar-refractivity contribution < 1.29 is 0 Å². The maximum Gasteiger partial charge on any atom is 0.204 e. The van der Waals surface area contributed by atoms with Gasteiger partial charge in [-0.3, -0.25) is 4.90 Å². The average Bonchev–Trinajstić information content (AvgIpc) is 3.47. The van der Waals surface area contributed by atoms with Crippen molar-refractivity contribution >= 4 is 33.5 Å². The molecule has 0 bridgehead atoms. The number of fused-ring (bicyclic) bond motifs is 1. The fourth-order valence-electron chi connectivity index (χ4n) is 4.73. The van der Waals surface area contributed by atoms with E-state index in [-0.39, 0.29) is 6.17 Å². The lowest BCUT2D eigenvalue weighted by Gasteiger charge is -2.37. The highest BCUT2D eigenvalue weighted by molar-refractivity contribution is 7.13. The van der Waals surface area contributed by atoms with Crippen LogP contribution < -0.4 is 10.6 Å². The number of hydrogen-bond acceptors (Lipinski definition) is 6. The molecule has 0 spiro atoms. The molecule has 0 aliphatic carbocycles. The molecule has 6 nitrogen and oxygen atoms in total. The van der Waals surface area contributed by atoms with E-state index in [2.05, 4.69) is 88.3 Å². The van der Waals surface area contributed by atoms with Crippen molar-refractivity contribution in [3.05, 3.63) is 70.7 Å². The van der Waals surface area contributed by atoms with Crippen molar-refractivity contribution in [2.24, 2.45) is 0 Å². The van der Waals surface area contributed by atoms with Crippen molar-refractivity contribution in [3.8, 4) is 0 Å². The van der Waals surface area contributed by atoms with Crippen molar-refractivity contribution in [1.29, 1.82) is 0 Å². The normalized spacial score (nSPS) is 16.2. The van der Waals surface area contributed by atoms with Gasteiger partial charge in [0, 0.05) is 37.3 Å². The Morgan fingerprint density at radius 2 is 1.91 bits per heavy atom. The van der Waals surface area contributed by atoms with Gasteiger partial charge in [0.1, 0.15) is 0 Å². The molecule has 2 aromatic carbocycles. The van der Waals surface area contributed by atoms with Gasteiger partial charge in [0.05, 0.1) is 17.2 Å². The predicted molar refractivity (Wildman–Crippen MR) is 138 cm³/mol. The van der Waals surface area contributed by atoms with Gasteiger partial charge in [0.2, 0.25) is 5.95 Å². The second kappa shape index (κ2) is 9.53. The molecule has 4 aromatic rings. The maximum absolute atomic E-state index is 4.97. The molecule has 33 heavy (non-hydrogen) atoms. The Morgan fingerprint density at radius 3 is 2.67 bits per heavy atom. The first kappa shape index (κ1) is 21.9. The molecule has 5 rings (SSSR count). The van der Waals surface area contributed by atoms with Gasteiger partial charge in [-0.1, -0.05) is 30.3 Å². The Balaban J connectivity index is 1.31. The molecular weight excluding hydrogens is 428 g/mol. The third-order valence-electron chi connectivity index (χ3n) is 6.79. The summed E-state index contributed by atoms with van der Waals surface area (Å²) in [6.45, 7) is 9.43. The molecule has 7 heteroatoms. The third kappa shape index (κ3) is 4.75. The van der Waals surface area contributed by atoms with E-state index in [9.17, 15) is 0 Å². The van der Waals surface area contributed by atoms with Crippen LogP contribution in [0.3, 0.4) is 0 Å². The number of piperidine rings is 1. The van der Waals surface area contributed by atoms with Gasteiger partial charge >= 0.3 is 0 Å². The van der Waals surface area contributed by atoms with Crippen molar-refractivity contribution in [1.82, 2.24) is 19.4 Å². The van der Waals surface area contributed by atoms with E-state index in [1.54, 1.807) is 11.3 Å². The summed E-state index contributed by atoms with van der Waals surface area (Å²) in [5.41, 5.74) is 6.22. The summed E-state index contributed by atoms with van der Waals surface area (Å²) in [4.78, 5) is 11.8. The Kier molecular flexibility index (Phi) is 6.33. The summed E-state index contributed by atoms with van der Waals surface area (Å²) in [7, 11) is 0. The number of aromatic nitrogens is 3. The number of hydrogen-bond donors (Lipinski definition) is 2. The van der Waals surface area contributed by atoms with Gasteiger partial charge in [-0.2, -0.15) is 0 Å². The highest BCUT2D eigenvalue weighted by Gasteiger charge is 2.27. The fraction of sp³-hybridized carbons (Fsp3) is 0.385. The Labute approximate surface area is 199 Å². The summed E-state index contributed by atoms with van der Waals surface area (Å²) >= 11 is 1.65. The summed E-state index contributed by atoms with van der Waals surface area (Å²) in [5.74, 6) is 0.974. The lowest BCUT2D eigenvalue weighted by Crippen LogP contribution is -2.44. The van der Waals surface area contributed by atoms with E-state index in [1.165, 1.54) is 22.2 Å². The molecule has 0 radical (unpaired) electrons. The molecule has 1 fully saturated rings. The molecule has 3 heterocycles. The van der Waals surface area contributed by atoms with Crippen LogP contribution in [0.5, 0.6) is 0 Å². The number of imidazole rings is 1. The average molecular weight is 461 g/mol. The summed E-state index contributed by atoms with van der Waals surface area (Å²) in [5, 5.41) is 10.2. The number of para-hydroxylation sites is 2. The molecular formula is C26H32N6S. The molecule has 1 aliphatic heterocycles. The number of nitrogens with one attached hydrogen (secondary N) is 2. The fourth-order valence-corrected chi connectivity index (χ4v) is 5.34. The van der Waals surface area contributed by atoms with E-state index in [0.29, 0.717) is 6.04 Å². The summed E-state index contributed by atoms with van der Waals surface area (Å²) < 4.78 is 2.44. The number of aryl methyl sites for hydroxylation is 2.